The smallest absolute Gasteiger partial charge is 0.223 e. The quantitative estimate of drug-likeness (QED) is 0.830. The van der Waals surface area contributed by atoms with Crippen molar-refractivity contribution < 1.29 is 9.18 Å². The molecule has 3 rings (SSSR count). The summed E-state index contributed by atoms with van der Waals surface area (Å²) in [5.74, 6) is -0.143. The third-order valence-electron chi connectivity index (χ3n) is 4.53. The molecule has 1 N–H and O–H groups in total. The van der Waals surface area contributed by atoms with Gasteiger partial charge in [-0.15, -0.1) is 0 Å². The summed E-state index contributed by atoms with van der Waals surface area (Å²) in [7, 11) is 0. The summed E-state index contributed by atoms with van der Waals surface area (Å²) in [6, 6.07) is 9.98. The van der Waals surface area contributed by atoms with Crippen molar-refractivity contribution in [3.05, 3.63) is 64.7 Å². The van der Waals surface area contributed by atoms with Crippen molar-refractivity contribution in [2.75, 3.05) is 13.1 Å². The number of hydrogen-bond donors (Lipinski definition) is 1. The maximum Gasteiger partial charge on any atom is 0.223 e. The Bertz CT molecular complexity index is 698. The van der Waals surface area contributed by atoms with Crippen molar-refractivity contribution in [3.8, 4) is 0 Å². The van der Waals surface area contributed by atoms with Gasteiger partial charge in [-0.25, -0.2) is 9.37 Å². The first-order chi connectivity index (χ1) is 12.1. The molecule has 1 amide bonds. The van der Waals surface area contributed by atoms with Crippen LogP contribution in [0.15, 0.2) is 42.6 Å². The molecule has 2 aromatic rings. The van der Waals surface area contributed by atoms with E-state index in [1.165, 1.54) is 12.1 Å². The molecule has 0 aliphatic carbocycles. The Kier molecular flexibility index (Phi) is 6.00. The number of halogens is 2. The number of nitrogens with one attached hydrogen (secondary N) is 1. The molecule has 2 heterocycles. The number of pyridine rings is 1. The third-order valence-corrected chi connectivity index (χ3v) is 4.76. The van der Waals surface area contributed by atoms with Crippen molar-refractivity contribution >= 4 is 17.5 Å². The molecule has 1 saturated heterocycles. The second-order valence-corrected chi connectivity index (χ2v) is 6.77. The summed E-state index contributed by atoms with van der Waals surface area (Å²) in [5, 5.41) is 3.45. The van der Waals surface area contributed by atoms with Crippen LogP contribution in [0.3, 0.4) is 0 Å². The lowest BCUT2D eigenvalue weighted by atomic mass is 9.95. The number of amides is 1. The molecular formula is C19H21ClFN3O. The monoisotopic (exact) mass is 361 g/mol. The van der Waals surface area contributed by atoms with Crippen molar-refractivity contribution in [1.82, 2.24) is 15.2 Å². The Hall–Kier alpha value is -1.98. The molecule has 1 aromatic carbocycles. The Balaban J connectivity index is 1.42. The van der Waals surface area contributed by atoms with Gasteiger partial charge in [0.15, 0.2) is 0 Å². The number of hydrogen-bond acceptors (Lipinski definition) is 3. The molecule has 0 radical (unpaired) electrons. The van der Waals surface area contributed by atoms with Crippen LogP contribution in [-0.2, 0) is 17.9 Å². The molecule has 1 fully saturated rings. The normalized spacial score (nSPS) is 15.9. The average Bonchev–Trinajstić information content (AvgIpc) is 2.63. The van der Waals surface area contributed by atoms with E-state index in [1.807, 2.05) is 6.07 Å². The SMILES string of the molecule is O=C(NCc1ccc(F)cc1)C1CCN(Cc2ccc(Cl)nc2)CC1. The topological polar surface area (TPSA) is 45.2 Å². The highest BCUT2D eigenvalue weighted by molar-refractivity contribution is 6.29. The fraction of sp³-hybridized carbons (Fsp3) is 0.368. The minimum Gasteiger partial charge on any atom is -0.352 e. The minimum atomic E-state index is -0.265. The van der Waals surface area contributed by atoms with E-state index >= 15 is 0 Å². The van der Waals surface area contributed by atoms with Gasteiger partial charge in [0.2, 0.25) is 5.91 Å². The zero-order chi connectivity index (χ0) is 17.6. The number of piperidine rings is 1. The van der Waals surface area contributed by atoms with Crippen LogP contribution in [0.1, 0.15) is 24.0 Å². The van der Waals surface area contributed by atoms with Crippen LogP contribution >= 0.6 is 11.6 Å². The van der Waals surface area contributed by atoms with Crippen LogP contribution in [0.5, 0.6) is 0 Å². The Morgan fingerprint density at radius 3 is 2.48 bits per heavy atom. The zero-order valence-corrected chi connectivity index (χ0v) is 14.7. The fourth-order valence-electron chi connectivity index (χ4n) is 3.05. The van der Waals surface area contributed by atoms with Gasteiger partial charge in [0, 0.05) is 25.2 Å². The molecule has 0 bridgehead atoms. The summed E-state index contributed by atoms with van der Waals surface area (Å²) in [5.41, 5.74) is 2.03. The van der Waals surface area contributed by atoms with Crippen LogP contribution in [0, 0.1) is 11.7 Å². The van der Waals surface area contributed by atoms with Crippen molar-refractivity contribution in [2.24, 2.45) is 5.92 Å². The van der Waals surface area contributed by atoms with Gasteiger partial charge in [0.1, 0.15) is 11.0 Å². The number of nitrogens with zero attached hydrogens (tertiary/aromatic N) is 2. The largest absolute Gasteiger partial charge is 0.352 e. The van der Waals surface area contributed by atoms with E-state index in [2.05, 4.69) is 15.2 Å². The number of carbonyl (C=O) groups excluding carboxylic acids is 1. The Morgan fingerprint density at radius 2 is 1.84 bits per heavy atom. The molecule has 0 spiro atoms. The van der Waals surface area contributed by atoms with E-state index in [9.17, 15) is 9.18 Å². The summed E-state index contributed by atoms with van der Waals surface area (Å²) < 4.78 is 12.9. The van der Waals surface area contributed by atoms with E-state index in [0.717, 1.165) is 43.6 Å². The molecule has 0 atom stereocenters. The molecule has 0 saturated carbocycles. The van der Waals surface area contributed by atoms with E-state index in [0.29, 0.717) is 11.7 Å². The standard InChI is InChI=1S/C19H21ClFN3O/c20-18-6-3-15(12-22-18)13-24-9-7-16(8-10-24)19(25)23-11-14-1-4-17(21)5-2-14/h1-6,12,16H,7-11,13H2,(H,23,25). The maximum absolute atomic E-state index is 12.9. The van der Waals surface area contributed by atoms with Crippen molar-refractivity contribution in [2.45, 2.75) is 25.9 Å². The highest BCUT2D eigenvalue weighted by Crippen LogP contribution is 2.19. The Labute approximate surface area is 152 Å². The maximum atomic E-state index is 12.9. The summed E-state index contributed by atoms with van der Waals surface area (Å²) >= 11 is 5.80. The lowest BCUT2D eigenvalue weighted by Gasteiger charge is -2.31. The van der Waals surface area contributed by atoms with Crippen LogP contribution in [0.4, 0.5) is 4.39 Å². The molecular weight excluding hydrogens is 341 g/mol. The number of benzene rings is 1. The van der Waals surface area contributed by atoms with Crippen molar-refractivity contribution in [3.63, 3.8) is 0 Å². The first kappa shape index (κ1) is 17.8. The molecule has 25 heavy (non-hydrogen) atoms. The second kappa shape index (κ2) is 8.41. The van der Waals surface area contributed by atoms with E-state index < -0.39 is 0 Å². The van der Waals surface area contributed by atoms with Crippen LogP contribution in [0.2, 0.25) is 5.15 Å². The molecule has 132 valence electrons. The first-order valence-corrected chi connectivity index (χ1v) is 8.83. The lowest BCUT2D eigenvalue weighted by molar-refractivity contribution is -0.126. The third kappa shape index (κ3) is 5.25. The van der Waals surface area contributed by atoms with Crippen molar-refractivity contribution in [1.29, 1.82) is 0 Å². The van der Waals surface area contributed by atoms with Crippen LogP contribution in [-0.4, -0.2) is 28.9 Å². The van der Waals surface area contributed by atoms with Gasteiger partial charge >= 0.3 is 0 Å². The van der Waals surface area contributed by atoms with Crippen LogP contribution in [0.25, 0.3) is 0 Å². The average molecular weight is 362 g/mol. The number of carbonyl (C=O) groups is 1. The summed E-state index contributed by atoms with van der Waals surface area (Å²) in [6.45, 7) is 3.04. The molecule has 0 unspecified atom stereocenters. The zero-order valence-electron chi connectivity index (χ0n) is 13.9. The van der Waals surface area contributed by atoms with Gasteiger partial charge in [-0.2, -0.15) is 0 Å². The van der Waals surface area contributed by atoms with Gasteiger partial charge in [-0.05, 0) is 55.3 Å². The van der Waals surface area contributed by atoms with Gasteiger partial charge in [0.05, 0.1) is 0 Å². The Morgan fingerprint density at radius 1 is 1.16 bits per heavy atom. The predicted octanol–water partition coefficient (Wildman–Crippen LogP) is 3.40. The summed E-state index contributed by atoms with van der Waals surface area (Å²) in [4.78, 5) is 18.7. The van der Waals surface area contributed by atoms with E-state index in [4.69, 9.17) is 11.6 Å². The lowest BCUT2D eigenvalue weighted by Crippen LogP contribution is -2.40. The van der Waals surface area contributed by atoms with Gasteiger partial charge in [0.25, 0.3) is 0 Å². The van der Waals surface area contributed by atoms with E-state index in [-0.39, 0.29) is 17.6 Å². The number of likely N-dealkylation sites (tertiary alicyclic amines) is 1. The highest BCUT2D eigenvalue weighted by Gasteiger charge is 2.24. The molecule has 1 aromatic heterocycles. The number of aromatic nitrogens is 1. The molecule has 6 heteroatoms. The van der Waals surface area contributed by atoms with Crippen LogP contribution < -0.4 is 5.32 Å². The van der Waals surface area contributed by atoms with Gasteiger partial charge in [-0.1, -0.05) is 29.8 Å². The molecule has 1 aliphatic rings. The predicted molar refractivity (Wildman–Crippen MR) is 95.5 cm³/mol. The van der Waals surface area contributed by atoms with Gasteiger partial charge < -0.3 is 5.32 Å². The van der Waals surface area contributed by atoms with E-state index in [1.54, 1.807) is 24.4 Å². The first-order valence-electron chi connectivity index (χ1n) is 8.45. The number of rotatable bonds is 5. The fourth-order valence-corrected chi connectivity index (χ4v) is 3.16. The molecule has 1 aliphatic heterocycles. The summed E-state index contributed by atoms with van der Waals surface area (Å²) in [6.07, 6.45) is 3.48. The second-order valence-electron chi connectivity index (χ2n) is 6.38. The minimum absolute atomic E-state index is 0.0417. The van der Waals surface area contributed by atoms with Gasteiger partial charge in [-0.3, -0.25) is 9.69 Å². The highest BCUT2D eigenvalue weighted by atomic mass is 35.5. The molecule has 4 nitrogen and oxygen atoms in total.